The second-order valence-corrected chi connectivity index (χ2v) is 7.86. The Morgan fingerprint density at radius 2 is 2.03 bits per heavy atom. The number of aromatic amines is 1. The van der Waals surface area contributed by atoms with Gasteiger partial charge in [-0.05, 0) is 30.5 Å². The van der Waals surface area contributed by atoms with Crippen LogP contribution in [-0.4, -0.2) is 40.0 Å². The number of carbonyl (C=O) groups excluding carboxylic acids is 1. The van der Waals surface area contributed by atoms with Gasteiger partial charge in [-0.2, -0.15) is 0 Å². The van der Waals surface area contributed by atoms with Gasteiger partial charge in [0.25, 0.3) is 5.91 Å². The largest absolute Gasteiger partial charge is 0.369 e. The molecule has 0 spiro atoms. The second-order valence-electron chi connectivity index (χ2n) is 7.86. The summed E-state index contributed by atoms with van der Waals surface area (Å²) in [7, 11) is 0. The number of carbonyl (C=O) groups is 1. The summed E-state index contributed by atoms with van der Waals surface area (Å²) < 4.78 is 0. The monoisotopic (exact) mass is 412 g/mol. The van der Waals surface area contributed by atoms with Crippen LogP contribution >= 0.6 is 0 Å². The molecule has 0 saturated carbocycles. The number of fused-ring (bicyclic) bond motifs is 1. The van der Waals surface area contributed by atoms with E-state index in [-0.39, 0.29) is 11.9 Å². The summed E-state index contributed by atoms with van der Waals surface area (Å²) in [5, 5.41) is 3.94. The zero-order chi connectivity index (χ0) is 21.2. The Bertz CT molecular complexity index is 1200. The van der Waals surface area contributed by atoms with Crippen LogP contribution in [0.1, 0.15) is 23.2 Å². The van der Waals surface area contributed by atoms with E-state index in [0.717, 1.165) is 53.8 Å². The van der Waals surface area contributed by atoms with E-state index in [1.165, 1.54) is 0 Å². The lowest BCUT2D eigenvalue weighted by molar-refractivity contribution is 0.102. The molecule has 1 aliphatic rings. The van der Waals surface area contributed by atoms with Gasteiger partial charge in [-0.25, -0.2) is 4.98 Å². The molecule has 0 aliphatic carbocycles. The van der Waals surface area contributed by atoms with E-state index in [1.54, 1.807) is 30.7 Å². The molecule has 0 bridgehead atoms. The van der Waals surface area contributed by atoms with E-state index >= 15 is 0 Å². The molecule has 7 nitrogen and oxygen atoms in total. The van der Waals surface area contributed by atoms with Crippen LogP contribution in [0, 0.1) is 0 Å². The molecule has 31 heavy (non-hydrogen) atoms. The van der Waals surface area contributed by atoms with Crippen molar-refractivity contribution in [3.05, 3.63) is 72.8 Å². The van der Waals surface area contributed by atoms with Crippen molar-refractivity contribution in [3.8, 4) is 11.1 Å². The molecule has 1 fully saturated rings. The Morgan fingerprint density at radius 3 is 2.81 bits per heavy atom. The molecule has 4 N–H and O–H groups in total. The summed E-state index contributed by atoms with van der Waals surface area (Å²) >= 11 is 0. The smallest absolute Gasteiger partial charge is 0.257 e. The van der Waals surface area contributed by atoms with Gasteiger partial charge in [-0.15, -0.1) is 0 Å². The fourth-order valence-corrected chi connectivity index (χ4v) is 4.24. The fourth-order valence-electron chi connectivity index (χ4n) is 4.24. The van der Waals surface area contributed by atoms with Crippen molar-refractivity contribution in [1.29, 1.82) is 0 Å². The molecule has 4 heterocycles. The predicted octanol–water partition coefficient (Wildman–Crippen LogP) is 3.80. The van der Waals surface area contributed by atoms with Crippen molar-refractivity contribution in [2.24, 2.45) is 5.73 Å². The van der Waals surface area contributed by atoms with Gasteiger partial charge in [0.1, 0.15) is 5.65 Å². The molecule has 1 aliphatic heterocycles. The number of aromatic nitrogens is 3. The maximum atomic E-state index is 12.8. The highest BCUT2D eigenvalue weighted by atomic mass is 16.1. The molecule has 0 radical (unpaired) electrons. The van der Waals surface area contributed by atoms with Crippen molar-refractivity contribution in [2.45, 2.75) is 18.9 Å². The van der Waals surface area contributed by atoms with Crippen molar-refractivity contribution in [1.82, 2.24) is 15.0 Å². The second kappa shape index (κ2) is 8.20. The lowest BCUT2D eigenvalue weighted by Gasteiger charge is -2.34. The number of hydrogen-bond donors (Lipinski definition) is 3. The number of amides is 1. The Balaban J connectivity index is 1.65. The summed E-state index contributed by atoms with van der Waals surface area (Å²) in [5.74, 6) is -0.208. The number of hydrogen-bond acceptors (Lipinski definition) is 5. The van der Waals surface area contributed by atoms with Gasteiger partial charge in [0.15, 0.2) is 0 Å². The minimum atomic E-state index is -0.208. The van der Waals surface area contributed by atoms with E-state index in [1.807, 2.05) is 24.4 Å². The van der Waals surface area contributed by atoms with E-state index in [4.69, 9.17) is 5.73 Å². The van der Waals surface area contributed by atoms with E-state index in [9.17, 15) is 4.79 Å². The number of nitrogens with two attached hydrogens (primary N) is 1. The van der Waals surface area contributed by atoms with Crippen molar-refractivity contribution in [3.63, 3.8) is 0 Å². The van der Waals surface area contributed by atoms with Crippen LogP contribution in [0.4, 0.5) is 11.4 Å². The molecular weight excluding hydrogens is 388 g/mol. The molecule has 156 valence electrons. The number of nitrogens with zero attached hydrogens (tertiary/aromatic N) is 3. The average molecular weight is 412 g/mol. The van der Waals surface area contributed by atoms with Gasteiger partial charge < -0.3 is 20.9 Å². The summed E-state index contributed by atoms with van der Waals surface area (Å²) in [6.45, 7) is 1.67. The van der Waals surface area contributed by atoms with Crippen LogP contribution in [0.15, 0.2) is 67.3 Å². The van der Waals surface area contributed by atoms with E-state index in [2.05, 4.69) is 37.3 Å². The third-order valence-electron chi connectivity index (χ3n) is 5.70. The predicted molar refractivity (Wildman–Crippen MR) is 123 cm³/mol. The van der Waals surface area contributed by atoms with Crippen LogP contribution in [0.3, 0.4) is 0 Å². The third kappa shape index (κ3) is 3.75. The summed E-state index contributed by atoms with van der Waals surface area (Å²) in [5.41, 5.74) is 11.4. The molecule has 4 aromatic rings. The lowest BCUT2D eigenvalue weighted by Crippen LogP contribution is -2.43. The molecule has 3 aromatic heterocycles. The molecule has 1 saturated heterocycles. The molecule has 7 heteroatoms. The topological polar surface area (TPSA) is 99.9 Å². The van der Waals surface area contributed by atoms with Crippen molar-refractivity contribution >= 4 is 28.3 Å². The van der Waals surface area contributed by atoms with Crippen LogP contribution in [0.5, 0.6) is 0 Å². The number of benzene rings is 1. The molecule has 1 unspecified atom stereocenters. The number of anilines is 2. The highest BCUT2D eigenvalue weighted by Gasteiger charge is 2.25. The fraction of sp³-hybridized carbons (Fsp3) is 0.208. The van der Waals surface area contributed by atoms with Crippen LogP contribution < -0.4 is 16.0 Å². The van der Waals surface area contributed by atoms with Gasteiger partial charge in [0.2, 0.25) is 0 Å². The molecule has 1 atom stereocenters. The SMILES string of the molecule is NC1CCCN(c2c(-c3ccccc3)cnc3[nH]cc(NC(=O)c4cccnc4)c23)C1. The first kappa shape index (κ1) is 19.3. The number of pyridine rings is 2. The minimum Gasteiger partial charge on any atom is -0.369 e. The molecule has 5 rings (SSSR count). The Kier molecular flexibility index (Phi) is 5.09. The van der Waals surface area contributed by atoms with Crippen LogP contribution in [0.25, 0.3) is 22.2 Å². The maximum Gasteiger partial charge on any atom is 0.257 e. The van der Waals surface area contributed by atoms with Crippen LogP contribution in [-0.2, 0) is 0 Å². The van der Waals surface area contributed by atoms with Crippen molar-refractivity contribution < 1.29 is 4.79 Å². The average Bonchev–Trinajstić information content (AvgIpc) is 3.22. The number of H-pyrrole nitrogens is 1. The number of rotatable bonds is 4. The summed E-state index contributed by atoms with van der Waals surface area (Å²) in [6.07, 6.45) is 8.95. The highest BCUT2D eigenvalue weighted by Crippen LogP contribution is 2.41. The zero-order valence-corrected chi connectivity index (χ0v) is 17.1. The number of nitrogens with one attached hydrogen (secondary N) is 2. The summed E-state index contributed by atoms with van der Waals surface area (Å²) in [6, 6.07) is 13.8. The Labute approximate surface area is 180 Å². The van der Waals surface area contributed by atoms with Crippen molar-refractivity contribution in [2.75, 3.05) is 23.3 Å². The van der Waals surface area contributed by atoms with E-state index in [0.29, 0.717) is 11.3 Å². The normalized spacial score (nSPS) is 16.4. The van der Waals surface area contributed by atoms with Gasteiger partial charge >= 0.3 is 0 Å². The van der Waals surface area contributed by atoms with Gasteiger partial charge in [0.05, 0.1) is 22.3 Å². The first-order valence-corrected chi connectivity index (χ1v) is 10.5. The zero-order valence-electron chi connectivity index (χ0n) is 17.1. The quantitative estimate of drug-likeness (QED) is 0.473. The third-order valence-corrected chi connectivity index (χ3v) is 5.70. The lowest BCUT2D eigenvalue weighted by atomic mass is 9.99. The van der Waals surface area contributed by atoms with E-state index < -0.39 is 0 Å². The minimum absolute atomic E-state index is 0.118. The molecule has 1 aromatic carbocycles. The first-order valence-electron chi connectivity index (χ1n) is 10.5. The van der Waals surface area contributed by atoms with Crippen LogP contribution in [0.2, 0.25) is 0 Å². The Hall–Kier alpha value is -3.71. The van der Waals surface area contributed by atoms with Gasteiger partial charge in [0, 0.05) is 49.5 Å². The highest BCUT2D eigenvalue weighted by molar-refractivity contribution is 6.13. The van der Waals surface area contributed by atoms with Gasteiger partial charge in [-0.1, -0.05) is 30.3 Å². The standard InChI is InChI=1S/C24H24N6O/c25-18-9-5-11-30(15-18)22-19(16-6-2-1-3-7-16)13-27-23-21(22)20(14-28-23)29-24(31)17-8-4-10-26-12-17/h1-4,6-8,10,12-14,18H,5,9,11,15,25H2,(H,27,28)(H,29,31). The number of piperidine rings is 1. The Morgan fingerprint density at radius 1 is 1.16 bits per heavy atom. The molecule has 1 amide bonds. The van der Waals surface area contributed by atoms with Gasteiger partial charge in [-0.3, -0.25) is 9.78 Å². The summed E-state index contributed by atoms with van der Waals surface area (Å²) in [4.78, 5) is 27.1. The molecular formula is C24H24N6O. The first-order chi connectivity index (χ1) is 15.2. The maximum absolute atomic E-state index is 12.8.